The van der Waals surface area contributed by atoms with Gasteiger partial charge in [0.05, 0.1) is 12.6 Å². The number of aromatic nitrogens is 3. The summed E-state index contributed by atoms with van der Waals surface area (Å²) in [5, 5.41) is 4.16. The highest BCUT2D eigenvalue weighted by atomic mass is 19.1. The summed E-state index contributed by atoms with van der Waals surface area (Å²) < 4.78 is 15.0. The molecule has 128 valence electrons. The molecule has 0 saturated carbocycles. The summed E-state index contributed by atoms with van der Waals surface area (Å²) in [4.78, 5) is 19.0. The molecule has 25 heavy (non-hydrogen) atoms. The van der Waals surface area contributed by atoms with Crippen molar-refractivity contribution in [1.82, 2.24) is 19.5 Å². The van der Waals surface area contributed by atoms with Gasteiger partial charge in [0.2, 0.25) is 5.91 Å². The largest absolute Gasteiger partial charge is 0.342 e. The Morgan fingerprint density at radius 3 is 2.84 bits per heavy atom. The number of fused-ring (bicyclic) bond motifs is 1. The number of halogens is 1. The molecule has 0 unspecified atom stereocenters. The van der Waals surface area contributed by atoms with Crippen molar-refractivity contribution < 1.29 is 9.18 Å². The van der Waals surface area contributed by atoms with Crippen molar-refractivity contribution in [3.63, 3.8) is 0 Å². The van der Waals surface area contributed by atoms with Crippen LogP contribution in [0, 0.1) is 5.82 Å². The van der Waals surface area contributed by atoms with E-state index in [-0.39, 0.29) is 18.1 Å². The molecule has 0 radical (unpaired) electrons. The van der Waals surface area contributed by atoms with E-state index in [9.17, 15) is 9.18 Å². The fourth-order valence-electron chi connectivity index (χ4n) is 3.41. The number of hydrogen-bond acceptors (Lipinski definition) is 3. The van der Waals surface area contributed by atoms with Crippen LogP contribution in [-0.2, 0) is 11.2 Å². The normalized spacial score (nSPS) is 15.6. The van der Waals surface area contributed by atoms with Crippen molar-refractivity contribution in [1.29, 1.82) is 0 Å². The fraction of sp³-hybridized carbons (Fsp3) is 0.316. The molecule has 1 aliphatic rings. The van der Waals surface area contributed by atoms with Crippen molar-refractivity contribution in [2.24, 2.45) is 0 Å². The minimum Gasteiger partial charge on any atom is -0.342 e. The minimum atomic E-state index is -0.301. The quantitative estimate of drug-likeness (QED) is 0.738. The zero-order chi connectivity index (χ0) is 17.2. The van der Waals surface area contributed by atoms with E-state index in [4.69, 9.17) is 0 Å². The van der Waals surface area contributed by atoms with Gasteiger partial charge >= 0.3 is 0 Å². The molecule has 1 fully saturated rings. The zero-order valence-electron chi connectivity index (χ0n) is 13.8. The maximum absolute atomic E-state index is 13.2. The average molecular weight is 338 g/mol. The highest BCUT2D eigenvalue weighted by Crippen LogP contribution is 2.27. The van der Waals surface area contributed by atoms with E-state index in [1.54, 1.807) is 22.8 Å². The molecule has 1 aromatic carbocycles. The van der Waals surface area contributed by atoms with Crippen LogP contribution in [0.1, 0.15) is 30.0 Å². The number of carbonyl (C=O) groups is 1. The van der Waals surface area contributed by atoms with Gasteiger partial charge in [-0.2, -0.15) is 5.10 Å². The van der Waals surface area contributed by atoms with Gasteiger partial charge in [-0.3, -0.25) is 4.79 Å². The third-order valence-corrected chi connectivity index (χ3v) is 4.79. The molecule has 6 heteroatoms. The molecule has 1 amide bonds. The second kappa shape index (κ2) is 6.63. The van der Waals surface area contributed by atoms with Crippen LogP contribution in [0.2, 0.25) is 0 Å². The minimum absolute atomic E-state index is 0.0586. The number of likely N-dealkylation sites (tertiary alicyclic amines) is 1. The number of carbonyl (C=O) groups excluding carboxylic acids is 1. The van der Waals surface area contributed by atoms with E-state index in [0.29, 0.717) is 19.0 Å². The van der Waals surface area contributed by atoms with Gasteiger partial charge in [-0.15, -0.1) is 0 Å². The molecule has 0 atom stereocenters. The first-order valence-electron chi connectivity index (χ1n) is 8.51. The number of piperidine rings is 1. The van der Waals surface area contributed by atoms with Gasteiger partial charge in [-0.05, 0) is 36.6 Å². The van der Waals surface area contributed by atoms with Crippen molar-refractivity contribution >= 4 is 11.6 Å². The summed E-state index contributed by atoms with van der Waals surface area (Å²) in [6, 6.07) is 10.1. The van der Waals surface area contributed by atoms with Crippen LogP contribution in [-0.4, -0.2) is 38.5 Å². The topological polar surface area (TPSA) is 50.5 Å². The zero-order valence-corrected chi connectivity index (χ0v) is 13.8. The third-order valence-electron chi connectivity index (χ3n) is 4.79. The first kappa shape index (κ1) is 15.7. The fourth-order valence-corrected chi connectivity index (χ4v) is 3.41. The molecule has 4 rings (SSSR count). The lowest BCUT2D eigenvalue weighted by Crippen LogP contribution is -2.38. The van der Waals surface area contributed by atoms with Crippen LogP contribution in [0.3, 0.4) is 0 Å². The lowest BCUT2D eigenvalue weighted by atomic mass is 9.93. The average Bonchev–Trinajstić information content (AvgIpc) is 3.09. The standard InChI is InChI=1S/C19H19FN4O/c20-16-3-1-2-14(12-16)13-19(25)23-9-5-15(6-10-23)17-7-11-24-18(22-17)4-8-21-24/h1-4,7-8,11-12,15H,5-6,9-10,13H2. The number of nitrogens with zero attached hydrogens (tertiary/aromatic N) is 4. The van der Waals surface area contributed by atoms with Crippen molar-refractivity contribution in [2.75, 3.05) is 13.1 Å². The van der Waals surface area contributed by atoms with Gasteiger partial charge in [0.25, 0.3) is 0 Å². The number of rotatable bonds is 3. The Balaban J connectivity index is 1.38. The Bertz CT molecular complexity index is 899. The second-order valence-corrected chi connectivity index (χ2v) is 6.45. The molecular weight excluding hydrogens is 319 g/mol. The smallest absolute Gasteiger partial charge is 0.226 e. The highest BCUT2D eigenvalue weighted by Gasteiger charge is 2.24. The second-order valence-electron chi connectivity index (χ2n) is 6.45. The van der Waals surface area contributed by atoms with E-state index in [0.717, 1.165) is 29.7 Å². The molecule has 5 nitrogen and oxygen atoms in total. The molecule has 2 aromatic heterocycles. The highest BCUT2D eigenvalue weighted by molar-refractivity contribution is 5.78. The molecule has 1 saturated heterocycles. The number of hydrogen-bond donors (Lipinski definition) is 0. The summed E-state index contributed by atoms with van der Waals surface area (Å²) in [6.07, 6.45) is 5.71. The Kier molecular flexibility index (Phi) is 4.17. The molecule has 0 N–H and O–H groups in total. The Morgan fingerprint density at radius 1 is 1.20 bits per heavy atom. The van der Waals surface area contributed by atoms with E-state index >= 15 is 0 Å². The SMILES string of the molecule is O=C(Cc1cccc(F)c1)N1CCC(c2ccn3nccc3n2)CC1. The van der Waals surface area contributed by atoms with E-state index < -0.39 is 0 Å². The summed E-state index contributed by atoms with van der Waals surface area (Å²) in [6.45, 7) is 1.43. The van der Waals surface area contributed by atoms with E-state index in [1.807, 2.05) is 23.2 Å². The Morgan fingerprint density at radius 2 is 2.04 bits per heavy atom. The summed E-state index contributed by atoms with van der Waals surface area (Å²) >= 11 is 0. The van der Waals surface area contributed by atoms with E-state index in [1.165, 1.54) is 12.1 Å². The van der Waals surface area contributed by atoms with Gasteiger partial charge in [0, 0.05) is 37.0 Å². The third kappa shape index (κ3) is 3.38. The van der Waals surface area contributed by atoms with Crippen molar-refractivity contribution in [2.45, 2.75) is 25.2 Å². The van der Waals surface area contributed by atoms with Crippen LogP contribution >= 0.6 is 0 Å². The summed E-state index contributed by atoms with van der Waals surface area (Å²) in [7, 11) is 0. The molecule has 0 aliphatic carbocycles. The van der Waals surface area contributed by atoms with Crippen molar-refractivity contribution in [3.8, 4) is 0 Å². The number of benzene rings is 1. The number of amides is 1. The maximum Gasteiger partial charge on any atom is 0.226 e. The lowest BCUT2D eigenvalue weighted by Gasteiger charge is -2.32. The monoisotopic (exact) mass is 338 g/mol. The van der Waals surface area contributed by atoms with Gasteiger partial charge in [0.1, 0.15) is 5.82 Å². The maximum atomic E-state index is 13.2. The van der Waals surface area contributed by atoms with Crippen molar-refractivity contribution in [3.05, 3.63) is 65.9 Å². The van der Waals surface area contributed by atoms with Crippen LogP contribution in [0.25, 0.3) is 5.65 Å². The molecule has 1 aliphatic heterocycles. The lowest BCUT2D eigenvalue weighted by molar-refractivity contribution is -0.131. The van der Waals surface area contributed by atoms with Crippen LogP contribution in [0.5, 0.6) is 0 Å². The van der Waals surface area contributed by atoms with E-state index in [2.05, 4.69) is 10.1 Å². The first-order chi connectivity index (χ1) is 12.2. The summed E-state index contributed by atoms with van der Waals surface area (Å²) in [5.41, 5.74) is 2.63. The predicted octanol–water partition coefficient (Wildman–Crippen LogP) is 2.82. The van der Waals surface area contributed by atoms with Gasteiger partial charge in [-0.25, -0.2) is 13.9 Å². The van der Waals surface area contributed by atoms with Gasteiger partial charge in [0.15, 0.2) is 5.65 Å². The molecular formula is C19H19FN4O. The Labute approximate surface area is 145 Å². The van der Waals surface area contributed by atoms with Crippen LogP contribution < -0.4 is 0 Å². The molecule has 3 aromatic rings. The molecule has 0 spiro atoms. The van der Waals surface area contributed by atoms with Gasteiger partial charge < -0.3 is 4.90 Å². The molecule has 0 bridgehead atoms. The summed E-state index contributed by atoms with van der Waals surface area (Å²) in [5.74, 6) is 0.117. The predicted molar refractivity (Wildman–Crippen MR) is 91.6 cm³/mol. The Hall–Kier alpha value is -2.76. The van der Waals surface area contributed by atoms with Crippen LogP contribution in [0.4, 0.5) is 4.39 Å². The van der Waals surface area contributed by atoms with Gasteiger partial charge in [-0.1, -0.05) is 12.1 Å². The van der Waals surface area contributed by atoms with Crippen LogP contribution in [0.15, 0.2) is 48.8 Å². The molecule has 3 heterocycles. The first-order valence-corrected chi connectivity index (χ1v) is 8.51.